The second-order valence-electron chi connectivity index (χ2n) is 8.73. The van der Waals surface area contributed by atoms with E-state index in [0.29, 0.717) is 17.1 Å². The molecule has 0 radical (unpaired) electrons. The monoisotopic (exact) mass is 488 g/mol. The molecule has 0 saturated carbocycles. The SMILES string of the molecule is C=C(C)C(=O)OCCOc1cc(-c2ccc(-c3ccc(CCCCC)cc3)cc2)ccc1OCCO. The molecule has 0 aliphatic rings. The fourth-order valence-corrected chi connectivity index (χ4v) is 3.78. The van der Waals surface area contributed by atoms with E-state index in [0.717, 1.165) is 23.1 Å². The number of hydrogen-bond donors (Lipinski definition) is 1. The van der Waals surface area contributed by atoms with Crippen LogP contribution < -0.4 is 9.47 Å². The van der Waals surface area contributed by atoms with Gasteiger partial charge in [-0.3, -0.25) is 0 Å². The van der Waals surface area contributed by atoms with E-state index < -0.39 is 5.97 Å². The lowest BCUT2D eigenvalue weighted by atomic mass is 9.98. The quantitative estimate of drug-likeness (QED) is 0.157. The van der Waals surface area contributed by atoms with Gasteiger partial charge < -0.3 is 19.3 Å². The smallest absolute Gasteiger partial charge is 0.333 e. The molecular formula is C31H36O5. The summed E-state index contributed by atoms with van der Waals surface area (Å²) in [5.74, 6) is 0.597. The van der Waals surface area contributed by atoms with E-state index in [1.165, 1.54) is 30.4 Å². The third-order valence-electron chi connectivity index (χ3n) is 5.79. The minimum atomic E-state index is -0.449. The molecule has 0 heterocycles. The summed E-state index contributed by atoms with van der Waals surface area (Å²) < 4.78 is 16.6. The van der Waals surface area contributed by atoms with Crippen LogP contribution in [0.5, 0.6) is 11.5 Å². The molecule has 0 saturated heterocycles. The van der Waals surface area contributed by atoms with Gasteiger partial charge in [-0.15, -0.1) is 0 Å². The zero-order valence-corrected chi connectivity index (χ0v) is 21.3. The van der Waals surface area contributed by atoms with Gasteiger partial charge in [0.25, 0.3) is 0 Å². The van der Waals surface area contributed by atoms with E-state index in [9.17, 15) is 4.79 Å². The molecule has 190 valence electrons. The molecule has 0 aliphatic heterocycles. The highest BCUT2D eigenvalue weighted by Gasteiger charge is 2.10. The van der Waals surface area contributed by atoms with Crippen LogP contribution in [-0.4, -0.2) is 37.5 Å². The Labute approximate surface area is 214 Å². The molecule has 0 amide bonds. The molecular weight excluding hydrogens is 452 g/mol. The Morgan fingerprint density at radius 1 is 0.778 bits per heavy atom. The number of unbranched alkanes of at least 4 members (excludes halogenated alkanes) is 2. The van der Waals surface area contributed by atoms with E-state index >= 15 is 0 Å². The maximum atomic E-state index is 11.6. The van der Waals surface area contributed by atoms with Gasteiger partial charge in [0.1, 0.15) is 19.8 Å². The molecule has 0 unspecified atom stereocenters. The Kier molecular flexibility index (Phi) is 10.6. The van der Waals surface area contributed by atoms with Gasteiger partial charge in [0.05, 0.1) is 6.61 Å². The first-order valence-electron chi connectivity index (χ1n) is 12.5. The van der Waals surface area contributed by atoms with E-state index in [1.54, 1.807) is 6.92 Å². The first kappa shape index (κ1) is 27.0. The fourth-order valence-electron chi connectivity index (χ4n) is 3.78. The van der Waals surface area contributed by atoms with Gasteiger partial charge in [0, 0.05) is 5.57 Å². The van der Waals surface area contributed by atoms with Crippen molar-refractivity contribution >= 4 is 5.97 Å². The first-order chi connectivity index (χ1) is 17.5. The van der Waals surface area contributed by atoms with Crippen LogP contribution in [0.2, 0.25) is 0 Å². The number of aliphatic hydroxyl groups is 1. The number of carbonyl (C=O) groups excluding carboxylic acids is 1. The van der Waals surface area contributed by atoms with E-state index in [-0.39, 0.29) is 26.4 Å². The molecule has 0 atom stereocenters. The average molecular weight is 489 g/mol. The molecule has 0 aromatic heterocycles. The van der Waals surface area contributed by atoms with Gasteiger partial charge in [-0.05, 0) is 59.7 Å². The van der Waals surface area contributed by atoms with Gasteiger partial charge in [-0.25, -0.2) is 4.79 Å². The number of esters is 1. The van der Waals surface area contributed by atoms with Crippen LogP contribution >= 0.6 is 0 Å². The highest BCUT2D eigenvalue weighted by atomic mass is 16.6. The molecule has 5 heteroatoms. The molecule has 0 fully saturated rings. The number of ether oxygens (including phenoxy) is 3. The van der Waals surface area contributed by atoms with Crippen molar-refractivity contribution < 1.29 is 24.1 Å². The summed E-state index contributed by atoms with van der Waals surface area (Å²) in [5.41, 5.74) is 6.10. The van der Waals surface area contributed by atoms with Crippen molar-refractivity contribution in [1.29, 1.82) is 0 Å². The average Bonchev–Trinajstić information content (AvgIpc) is 2.90. The Morgan fingerprint density at radius 2 is 1.36 bits per heavy atom. The van der Waals surface area contributed by atoms with Gasteiger partial charge in [-0.1, -0.05) is 80.9 Å². The van der Waals surface area contributed by atoms with Crippen molar-refractivity contribution in [2.45, 2.75) is 39.5 Å². The molecule has 0 aliphatic carbocycles. The normalized spacial score (nSPS) is 10.6. The number of aliphatic hydroxyl groups excluding tert-OH is 1. The topological polar surface area (TPSA) is 65.0 Å². The highest BCUT2D eigenvalue weighted by molar-refractivity contribution is 5.86. The maximum Gasteiger partial charge on any atom is 0.333 e. The lowest BCUT2D eigenvalue weighted by molar-refractivity contribution is -0.139. The standard InChI is InChI=1S/C31H36O5/c1-4-5-6-7-24-8-10-25(11-9-24)26-12-14-27(15-13-26)28-16-17-29(34-19-18-32)30(22-28)35-20-21-36-31(33)23(2)3/h8-17,22,32H,2,4-7,18-21H2,1,3H3. The Balaban J connectivity index is 1.70. The summed E-state index contributed by atoms with van der Waals surface area (Å²) in [6, 6.07) is 22.9. The third-order valence-corrected chi connectivity index (χ3v) is 5.79. The van der Waals surface area contributed by atoms with Crippen molar-refractivity contribution in [3.63, 3.8) is 0 Å². The second-order valence-corrected chi connectivity index (χ2v) is 8.73. The lowest BCUT2D eigenvalue weighted by Crippen LogP contribution is -2.13. The van der Waals surface area contributed by atoms with Crippen molar-refractivity contribution in [3.05, 3.63) is 84.4 Å². The Morgan fingerprint density at radius 3 is 1.97 bits per heavy atom. The number of rotatable bonds is 14. The van der Waals surface area contributed by atoms with Crippen molar-refractivity contribution in [2.24, 2.45) is 0 Å². The molecule has 1 N–H and O–H groups in total. The molecule has 3 rings (SSSR count). The van der Waals surface area contributed by atoms with Crippen LogP contribution in [-0.2, 0) is 16.0 Å². The molecule has 3 aromatic rings. The highest BCUT2D eigenvalue weighted by Crippen LogP contribution is 2.34. The van der Waals surface area contributed by atoms with Gasteiger partial charge in [0.2, 0.25) is 0 Å². The van der Waals surface area contributed by atoms with Crippen LogP contribution in [0.4, 0.5) is 0 Å². The van der Waals surface area contributed by atoms with Crippen molar-refractivity contribution in [1.82, 2.24) is 0 Å². The van der Waals surface area contributed by atoms with Crippen molar-refractivity contribution in [3.8, 4) is 33.8 Å². The lowest BCUT2D eigenvalue weighted by Gasteiger charge is -2.14. The zero-order chi connectivity index (χ0) is 25.8. The molecule has 0 bridgehead atoms. The van der Waals surface area contributed by atoms with E-state index in [1.807, 2.05) is 18.2 Å². The van der Waals surface area contributed by atoms with Crippen LogP contribution in [0.3, 0.4) is 0 Å². The number of hydrogen-bond acceptors (Lipinski definition) is 5. The summed E-state index contributed by atoms with van der Waals surface area (Å²) in [7, 11) is 0. The number of aryl methyl sites for hydroxylation is 1. The first-order valence-corrected chi connectivity index (χ1v) is 12.5. The van der Waals surface area contributed by atoms with Crippen LogP contribution in [0, 0.1) is 0 Å². The Bertz CT molecular complexity index is 1120. The number of carbonyl (C=O) groups is 1. The summed E-state index contributed by atoms with van der Waals surface area (Å²) in [6.07, 6.45) is 4.87. The molecule has 36 heavy (non-hydrogen) atoms. The molecule has 0 spiro atoms. The summed E-state index contributed by atoms with van der Waals surface area (Å²) in [5, 5.41) is 9.13. The van der Waals surface area contributed by atoms with Gasteiger partial charge in [-0.2, -0.15) is 0 Å². The van der Waals surface area contributed by atoms with E-state index in [4.69, 9.17) is 19.3 Å². The number of benzene rings is 3. The second kappa shape index (κ2) is 14.1. The predicted octanol–water partition coefficient (Wildman–Crippen LogP) is 6.62. The largest absolute Gasteiger partial charge is 0.487 e. The molecule has 3 aromatic carbocycles. The Hall–Kier alpha value is -3.57. The summed E-state index contributed by atoms with van der Waals surface area (Å²) in [4.78, 5) is 11.6. The summed E-state index contributed by atoms with van der Waals surface area (Å²) >= 11 is 0. The minimum absolute atomic E-state index is 0.0986. The van der Waals surface area contributed by atoms with Crippen molar-refractivity contribution in [2.75, 3.05) is 26.4 Å². The third kappa shape index (κ3) is 7.99. The van der Waals surface area contributed by atoms with Crippen LogP contribution in [0.15, 0.2) is 78.9 Å². The van der Waals surface area contributed by atoms with Gasteiger partial charge in [0.15, 0.2) is 11.5 Å². The van der Waals surface area contributed by atoms with Crippen LogP contribution in [0.1, 0.15) is 38.7 Å². The minimum Gasteiger partial charge on any atom is -0.487 e. The van der Waals surface area contributed by atoms with Gasteiger partial charge >= 0.3 is 5.97 Å². The zero-order valence-electron chi connectivity index (χ0n) is 21.3. The van der Waals surface area contributed by atoms with E-state index in [2.05, 4.69) is 62.0 Å². The fraction of sp³-hybridized carbons (Fsp3) is 0.323. The van der Waals surface area contributed by atoms with Crippen LogP contribution in [0.25, 0.3) is 22.3 Å². The summed E-state index contributed by atoms with van der Waals surface area (Å²) in [6.45, 7) is 7.73. The predicted molar refractivity (Wildman–Crippen MR) is 144 cm³/mol. The maximum absolute atomic E-state index is 11.6. The molecule has 5 nitrogen and oxygen atoms in total.